The second-order valence-electron chi connectivity index (χ2n) is 4.92. The first-order valence-corrected chi connectivity index (χ1v) is 7.67. The van der Waals surface area contributed by atoms with Crippen LogP contribution in [0.2, 0.25) is 0 Å². The molecular formula is C16H12BrN5. The van der Waals surface area contributed by atoms with E-state index in [-0.39, 0.29) is 0 Å². The number of anilines is 1. The zero-order chi connectivity index (χ0) is 14.9. The Morgan fingerprint density at radius 2 is 2.00 bits per heavy atom. The van der Waals surface area contributed by atoms with Crippen molar-refractivity contribution in [3.8, 4) is 0 Å². The Balaban J connectivity index is 1.61. The maximum atomic E-state index is 4.62. The number of rotatable bonds is 3. The van der Waals surface area contributed by atoms with Crippen molar-refractivity contribution in [2.75, 3.05) is 5.32 Å². The largest absolute Gasteiger partial charge is 0.364 e. The van der Waals surface area contributed by atoms with E-state index in [0.717, 1.165) is 32.5 Å². The van der Waals surface area contributed by atoms with Crippen LogP contribution in [0.1, 0.15) is 5.69 Å². The number of aromatic nitrogens is 4. The van der Waals surface area contributed by atoms with E-state index in [1.165, 1.54) is 0 Å². The lowest BCUT2D eigenvalue weighted by Crippen LogP contribution is -2.07. The van der Waals surface area contributed by atoms with Gasteiger partial charge in [-0.15, -0.1) is 0 Å². The lowest BCUT2D eigenvalue weighted by molar-refractivity contribution is 0.852. The molecule has 0 amide bonds. The highest BCUT2D eigenvalue weighted by molar-refractivity contribution is 9.10. The molecule has 0 aliphatic carbocycles. The summed E-state index contributed by atoms with van der Waals surface area (Å²) >= 11 is 3.47. The Bertz CT molecular complexity index is 963. The quantitative estimate of drug-likeness (QED) is 0.610. The van der Waals surface area contributed by atoms with Crippen LogP contribution >= 0.6 is 15.9 Å². The maximum Gasteiger partial charge on any atom is 0.155 e. The van der Waals surface area contributed by atoms with Gasteiger partial charge in [-0.25, -0.2) is 14.5 Å². The summed E-state index contributed by atoms with van der Waals surface area (Å²) in [7, 11) is 0. The first-order chi connectivity index (χ1) is 10.8. The number of hydrogen-bond donors (Lipinski definition) is 1. The molecule has 0 fully saturated rings. The molecule has 0 aliphatic rings. The molecule has 6 heteroatoms. The second-order valence-corrected chi connectivity index (χ2v) is 5.84. The molecule has 1 aromatic carbocycles. The highest BCUT2D eigenvalue weighted by Gasteiger charge is 2.03. The van der Waals surface area contributed by atoms with Gasteiger partial charge in [-0.1, -0.05) is 15.9 Å². The minimum Gasteiger partial charge on any atom is -0.364 e. The third-order valence-corrected chi connectivity index (χ3v) is 3.96. The van der Waals surface area contributed by atoms with Crippen molar-refractivity contribution in [3.05, 3.63) is 65.0 Å². The molecule has 0 aliphatic heterocycles. The summed E-state index contributed by atoms with van der Waals surface area (Å²) in [5.74, 6) is 0.840. The van der Waals surface area contributed by atoms with E-state index in [2.05, 4.69) is 48.4 Å². The SMILES string of the molecule is Brc1ccc2nc(NCc3ccnc4ccnn34)ccc2c1. The van der Waals surface area contributed by atoms with Crippen molar-refractivity contribution in [3.63, 3.8) is 0 Å². The number of halogens is 1. The summed E-state index contributed by atoms with van der Waals surface area (Å²) < 4.78 is 2.88. The topological polar surface area (TPSA) is 55.1 Å². The smallest absolute Gasteiger partial charge is 0.155 e. The van der Waals surface area contributed by atoms with E-state index in [1.54, 1.807) is 12.4 Å². The van der Waals surface area contributed by atoms with Crippen LogP contribution in [0.25, 0.3) is 16.6 Å². The molecule has 4 rings (SSSR count). The van der Waals surface area contributed by atoms with Gasteiger partial charge in [0.25, 0.3) is 0 Å². The number of fused-ring (bicyclic) bond motifs is 2. The third-order valence-electron chi connectivity index (χ3n) is 3.47. The summed E-state index contributed by atoms with van der Waals surface area (Å²) in [4.78, 5) is 8.88. The fraction of sp³-hybridized carbons (Fsp3) is 0.0625. The van der Waals surface area contributed by atoms with Gasteiger partial charge >= 0.3 is 0 Å². The van der Waals surface area contributed by atoms with Crippen molar-refractivity contribution in [2.45, 2.75) is 6.54 Å². The Morgan fingerprint density at radius 3 is 2.95 bits per heavy atom. The molecule has 0 spiro atoms. The number of nitrogens with one attached hydrogen (secondary N) is 1. The molecule has 0 radical (unpaired) electrons. The monoisotopic (exact) mass is 353 g/mol. The standard InChI is InChI=1S/C16H12BrN5/c17-12-2-3-14-11(9-12)1-4-15(21-14)19-10-13-5-7-18-16-6-8-20-22(13)16/h1-9H,10H2,(H,19,21). The van der Waals surface area contributed by atoms with E-state index in [9.17, 15) is 0 Å². The normalized spacial score (nSPS) is 11.1. The van der Waals surface area contributed by atoms with E-state index in [1.807, 2.05) is 34.8 Å². The van der Waals surface area contributed by atoms with E-state index in [4.69, 9.17) is 0 Å². The van der Waals surface area contributed by atoms with Gasteiger partial charge in [0.15, 0.2) is 5.65 Å². The molecule has 1 N–H and O–H groups in total. The lowest BCUT2D eigenvalue weighted by atomic mass is 10.2. The Morgan fingerprint density at radius 1 is 1.05 bits per heavy atom. The molecule has 0 unspecified atom stereocenters. The zero-order valence-corrected chi connectivity index (χ0v) is 13.2. The third kappa shape index (κ3) is 2.42. The van der Waals surface area contributed by atoms with E-state index >= 15 is 0 Å². The molecule has 0 bridgehead atoms. The van der Waals surface area contributed by atoms with Crippen LogP contribution in [0.3, 0.4) is 0 Å². The molecule has 0 saturated carbocycles. The van der Waals surface area contributed by atoms with E-state index in [0.29, 0.717) is 6.54 Å². The lowest BCUT2D eigenvalue weighted by Gasteiger charge is -2.08. The fourth-order valence-electron chi connectivity index (χ4n) is 2.40. The van der Waals surface area contributed by atoms with Crippen molar-refractivity contribution in [2.24, 2.45) is 0 Å². The van der Waals surface area contributed by atoms with Crippen molar-refractivity contribution in [1.82, 2.24) is 19.6 Å². The van der Waals surface area contributed by atoms with Crippen LogP contribution in [-0.4, -0.2) is 19.6 Å². The minimum absolute atomic E-state index is 0.635. The van der Waals surface area contributed by atoms with Crippen LogP contribution in [0, 0.1) is 0 Å². The summed E-state index contributed by atoms with van der Waals surface area (Å²) in [6.07, 6.45) is 3.54. The number of nitrogens with zero attached hydrogens (tertiary/aromatic N) is 4. The molecule has 0 atom stereocenters. The van der Waals surface area contributed by atoms with Gasteiger partial charge in [0.1, 0.15) is 5.82 Å². The minimum atomic E-state index is 0.635. The zero-order valence-electron chi connectivity index (χ0n) is 11.6. The van der Waals surface area contributed by atoms with Crippen molar-refractivity contribution >= 4 is 38.3 Å². The van der Waals surface area contributed by atoms with Crippen LogP contribution in [-0.2, 0) is 6.54 Å². The number of hydrogen-bond acceptors (Lipinski definition) is 4. The molecule has 108 valence electrons. The second kappa shape index (κ2) is 5.38. The Labute approximate surface area is 135 Å². The summed E-state index contributed by atoms with van der Waals surface area (Å²) in [5, 5.41) is 8.73. The molecular weight excluding hydrogens is 342 g/mol. The predicted molar refractivity (Wildman–Crippen MR) is 89.8 cm³/mol. The summed E-state index contributed by atoms with van der Waals surface area (Å²) in [6.45, 7) is 0.635. The molecule has 22 heavy (non-hydrogen) atoms. The Kier molecular flexibility index (Phi) is 3.23. The maximum absolute atomic E-state index is 4.62. The van der Waals surface area contributed by atoms with E-state index < -0.39 is 0 Å². The molecule has 3 aromatic heterocycles. The van der Waals surface area contributed by atoms with Gasteiger partial charge in [0.05, 0.1) is 24.0 Å². The predicted octanol–water partition coefficient (Wildman–Crippen LogP) is 3.65. The van der Waals surface area contributed by atoms with Gasteiger partial charge in [-0.3, -0.25) is 0 Å². The molecule has 3 heterocycles. The number of pyridine rings is 1. The van der Waals surface area contributed by atoms with Gasteiger partial charge in [-0.2, -0.15) is 5.10 Å². The Hall–Kier alpha value is -2.47. The summed E-state index contributed by atoms with van der Waals surface area (Å²) in [6, 6.07) is 13.9. The van der Waals surface area contributed by atoms with Gasteiger partial charge in [-0.05, 0) is 36.4 Å². The first-order valence-electron chi connectivity index (χ1n) is 6.87. The van der Waals surface area contributed by atoms with Crippen LogP contribution in [0.4, 0.5) is 5.82 Å². The van der Waals surface area contributed by atoms with Crippen LogP contribution in [0.15, 0.2) is 59.3 Å². The van der Waals surface area contributed by atoms with Crippen molar-refractivity contribution < 1.29 is 0 Å². The average molecular weight is 354 g/mol. The van der Waals surface area contributed by atoms with Crippen LogP contribution < -0.4 is 5.32 Å². The highest BCUT2D eigenvalue weighted by Crippen LogP contribution is 2.20. The molecule has 0 saturated heterocycles. The average Bonchev–Trinajstić information content (AvgIpc) is 3.02. The molecule has 4 aromatic rings. The molecule has 5 nitrogen and oxygen atoms in total. The number of benzene rings is 1. The summed E-state index contributed by atoms with van der Waals surface area (Å²) in [5.41, 5.74) is 2.84. The van der Waals surface area contributed by atoms with Gasteiger partial charge in [0, 0.05) is 22.1 Å². The first kappa shape index (κ1) is 13.2. The van der Waals surface area contributed by atoms with Gasteiger partial charge < -0.3 is 5.32 Å². The highest BCUT2D eigenvalue weighted by atomic mass is 79.9. The fourth-order valence-corrected chi connectivity index (χ4v) is 2.77. The van der Waals surface area contributed by atoms with Gasteiger partial charge in [0.2, 0.25) is 0 Å². The van der Waals surface area contributed by atoms with Crippen LogP contribution in [0.5, 0.6) is 0 Å². The van der Waals surface area contributed by atoms with Crippen molar-refractivity contribution in [1.29, 1.82) is 0 Å².